The molecule has 4 N–H and O–H groups in total. The van der Waals surface area contributed by atoms with Crippen LogP contribution in [0.5, 0.6) is 0 Å². The van der Waals surface area contributed by atoms with E-state index in [2.05, 4.69) is 28.4 Å². The van der Waals surface area contributed by atoms with Crippen molar-refractivity contribution in [3.05, 3.63) is 0 Å². The molecule has 29 heavy (non-hydrogen) atoms. The summed E-state index contributed by atoms with van der Waals surface area (Å²) in [6, 6.07) is -0.564. The highest BCUT2D eigenvalue weighted by atomic mass is 32.1. The van der Waals surface area contributed by atoms with Crippen LogP contribution in [-0.2, 0) is 9.59 Å². The third kappa shape index (κ3) is 5.41. The van der Waals surface area contributed by atoms with E-state index >= 15 is 0 Å². The van der Waals surface area contributed by atoms with Crippen LogP contribution in [0.4, 0.5) is 0 Å². The number of rotatable bonds is 8. The Morgan fingerprint density at radius 1 is 1.00 bits per heavy atom. The van der Waals surface area contributed by atoms with E-state index in [4.69, 9.17) is 12.2 Å². The van der Waals surface area contributed by atoms with E-state index < -0.39 is 6.04 Å². The Labute approximate surface area is 180 Å². The standard InChI is InChI=1S/C22H38N4O2S/c1-4-5-6-7-23-21(29)26-25-19(27)18(14(2)3)24-20(28)22-11-15-8-16(12-22)10-17(9-15)13-22/h14-18H,4-13H2,1-3H3,(H,24,28)(H,25,27)(H2,23,26,29)/t15?,16?,17?,18-,22?/m0/s1. The van der Waals surface area contributed by atoms with Crippen LogP contribution in [0.3, 0.4) is 0 Å². The highest BCUT2D eigenvalue weighted by Crippen LogP contribution is 2.60. The lowest BCUT2D eigenvalue weighted by atomic mass is 9.49. The summed E-state index contributed by atoms with van der Waals surface area (Å²) in [6.45, 7) is 6.86. The third-order valence-electron chi connectivity index (χ3n) is 7.12. The number of carbonyl (C=O) groups excluding carboxylic acids is 2. The predicted molar refractivity (Wildman–Crippen MR) is 119 cm³/mol. The summed E-state index contributed by atoms with van der Waals surface area (Å²) in [6.07, 6.45) is 10.2. The zero-order chi connectivity index (χ0) is 21.0. The van der Waals surface area contributed by atoms with Crippen LogP contribution in [0.1, 0.15) is 78.6 Å². The van der Waals surface area contributed by atoms with Gasteiger partial charge in [0.25, 0.3) is 5.91 Å². The summed E-state index contributed by atoms with van der Waals surface area (Å²) in [5, 5.41) is 6.60. The molecule has 0 aromatic heterocycles. The lowest BCUT2D eigenvalue weighted by Gasteiger charge is -2.55. The van der Waals surface area contributed by atoms with Gasteiger partial charge >= 0.3 is 0 Å². The van der Waals surface area contributed by atoms with Gasteiger partial charge in [0.2, 0.25) is 5.91 Å². The van der Waals surface area contributed by atoms with Crippen LogP contribution in [0.25, 0.3) is 0 Å². The quantitative estimate of drug-likeness (QED) is 0.275. The molecule has 6 nitrogen and oxygen atoms in total. The number of unbranched alkanes of at least 4 members (excludes halogenated alkanes) is 2. The maximum atomic E-state index is 13.3. The molecule has 4 aliphatic carbocycles. The predicted octanol–water partition coefficient (Wildman–Crippen LogP) is 3.03. The van der Waals surface area contributed by atoms with Gasteiger partial charge in [0.15, 0.2) is 5.11 Å². The molecule has 0 radical (unpaired) electrons. The lowest BCUT2D eigenvalue weighted by molar-refractivity contribution is -0.149. The smallest absolute Gasteiger partial charge is 0.261 e. The Morgan fingerprint density at radius 2 is 1.59 bits per heavy atom. The van der Waals surface area contributed by atoms with Crippen LogP contribution in [0, 0.1) is 29.1 Å². The Kier molecular flexibility index (Phi) is 7.41. The molecule has 1 atom stereocenters. The summed E-state index contributed by atoms with van der Waals surface area (Å²) in [5.74, 6) is 1.96. The van der Waals surface area contributed by atoms with Gasteiger partial charge < -0.3 is 10.6 Å². The van der Waals surface area contributed by atoms with Crippen molar-refractivity contribution < 1.29 is 9.59 Å². The van der Waals surface area contributed by atoms with Gasteiger partial charge in [-0.05, 0) is 80.8 Å². The molecule has 0 aliphatic heterocycles. The highest BCUT2D eigenvalue weighted by molar-refractivity contribution is 7.80. The average molecular weight is 423 g/mol. The molecule has 4 saturated carbocycles. The van der Waals surface area contributed by atoms with Crippen molar-refractivity contribution in [2.24, 2.45) is 29.1 Å². The first kappa shape index (κ1) is 22.3. The van der Waals surface area contributed by atoms with Crippen LogP contribution in [0.2, 0.25) is 0 Å². The average Bonchev–Trinajstić information content (AvgIpc) is 2.66. The number of hydrogen-bond acceptors (Lipinski definition) is 3. The van der Waals surface area contributed by atoms with Crippen molar-refractivity contribution in [3.63, 3.8) is 0 Å². The largest absolute Gasteiger partial charge is 0.361 e. The molecule has 0 aromatic carbocycles. The maximum absolute atomic E-state index is 13.3. The fourth-order valence-electron chi connectivity index (χ4n) is 6.04. The molecule has 7 heteroatoms. The van der Waals surface area contributed by atoms with E-state index in [9.17, 15) is 9.59 Å². The van der Waals surface area contributed by atoms with Crippen LogP contribution < -0.4 is 21.5 Å². The first-order valence-corrected chi connectivity index (χ1v) is 11.9. The fourth-order valence-corrected chi connectivity index (χ4v) is 6.19. The zero-order valence-corrected chi connectivity index (χ0v) is 19.0. The molecule has 0 unspecified atom stereocenters. The molecule has 0 aromatic rings. The monoisotopic (exact) mass is 422 g/mol. The molecule has 4 rings (SSSR count). The molecule has 4 fully saturated rings. The molecular weight excluding hydrogens is 384 g/mol. The minimum atomic E-state index is -0.564. The van der Waals surface area contributed by atoms with Gasteiger partial charge in [0.1, 0.15) is 6.04 Å². The minimum Gasteiger partial charge on any atom is -0.361 e. The second-order valence-corrected chi connectivity index (χ2v) is 10.4. The van der Waals surface area contributed by atoms with E-state index in [-0.39, 0.29) is 23.1 Å². The molecule has 0 spiro atoms. The van der Waals surface area contributed by atoms with E-state index in [1.807, 2.05) is 13.8 Å². The van der Waals surface area contributed by atoms with Gasteiger partial charge in [0.05, 0.1) is 0 Å². The van der Waals surface area contributed by atoms with Crippen LogP contribution in [-0.4, -0.2) is 29.5 Å². The normalized spacial score (nSPS) is 30.7. The highest BCUT2D eigenvalue weighted by Gasteiger charge is 2.55. The Bertz CT molecular complexity index is 587. The van der Waals surface area contributed by atoms with E-state index in [0.29, 0.717) is 22.9 Å². The summed E-state index contributed by atoms with van der Waals surface area (Å²) >= 11 is 5.22. The number of amides is 2. The van der Waals surface area contributed by atoms with E-state index in [1.54, 1.807) is 0 Å². The molecule has 2 amide bonds. The first-order chi connectivity index (χ1) is 13.8. The second-order valence-electron chi connectivity index (χ2n) is 9.97. The van der Waals surface area contributed by atoms with Gasteiger partial charge in [-0.15, -0.1) is 0 Å². The molecule has 164 valence electrons. The Hall–Kier alpha value is -1.37. The second kappa shape index (κ2) is 9.63. The molecule has 4 bridgehead atoms. The number of hydrogen-bond donors (Lipinski definition) is 4. The van der Waals surface area contributed by atoms with Crippen molar-refractivity contribution in [1.82, 2.24) is 21.5 Å². The van der Waals surface area contributed by atoms with Gasteiger partial charge in [-0.3, -0.25) is 20.4 Å². The summed E-state index contributed by atoms with van der Waals surface area (Å²) in [4.78, 5) is 26.1. The summed E-state index contributed by atoms with van der Waals surface area (Å²) in [7, 11) is 0. The minimum absolute atomic E-state index is 0.000692. The fraction of sp³-hybridized carbons (Fsp3) is 0.864. The van der Waals surface area contributed by atoms with Crippen molar-refractivity contribution in [2.45, 2.75) is 84.6 Å². The zero-order valence-electron chi connectivity index (χ0n) is 18.2. The van der Waals surface area contributed by atoms with Gasteiger partial charge in [-0.25, -0.2) is 0 Å². The summed E-state index contributed by atoms with van der Waals surface area (Å²) in [5.41, 5.74) is 5.21. The van der Waals surface area contributed by atoms with E-state index in [0.717, 1.165) is 45.1 Å². The molecular formula is C22H38N4O2S. The van der Waals surface area contributed by atoms with Crippen LogP contribution in [0.15, 0.2) is 0 Å². The van der Waals surface area contributed by atoms with Gasteiger partial charge in [0, 0.05) is 12.0 Å². The van der Waals surface area contributed by atoms with Crippen molar-refractivity contribution in [3.8, 4) is 0 Å². The Balaban J connectivity index is 1.51. The molecule has 0 heterocycles. The number of thiocarbonyl (C=S) groups is 1. The number of nitrogens with one attached hydrogen (secondary N) is 4. The lowest BCUT2D eigenvalue weighted by Crippen LogP contribution is -2.60. The van der Waals surface area contributed by atoms with Gasteiger partial charge in [-0.2, -0.15) is 0 Å². The van der Waals surface area contributed by atoms with E-state index in [1.165, 1.54) is 19.3 Å². The van der Waals surface area contributed by atoms with Crippen molar-refractivity contribution >= 4 is 29.1 Å². The number of carbonyl (C=O) groups is 2. The molecule has 4 aliphatic rings. The molecule has 0 saturated heterocycles. The third-order valence-corrected chi connectivity index (χ3v) is 7.37. The SMILES string of the molecule is CCCCCNC(=S)NNC(=O)[C@@H](NC(=O)C12CC3CC(CC(C3)C1)C2)C(C)C. The number of hydrazine groups is 1. The van der Waals surface area contributed by atoms with Crippen molar-refractivity contribution in [1.29, 1.82) is 0 Å². The topological polar surface area (TPSA) is 82.3 Å². The van der Waals surface area contributed by atoms with Gasteiger partial charge in [-0.1, -0.05) is 33.6 Å². The Morgan fingerprint density at radius 3 is 2.10 bits per heavy atom. The first-order valence-electron chi connectivity index (χ1n) is 11.5. The van der Waals surface area contributed by atoms with Crippen LogP contribution >= 0.6 is 12.2 Å². The summed E-state index contributed by atoms with van der Waals surface area (Å²) < 4.78 is 0. The van der Waals surface area contributed by atoms with Crippen molar-refractivity contribution in [2.75, 3.05) is 6.54 Å². The maximum Gasteiger partial charge on any atom is 0.261 e.